The van der Waals surface area contributed by atoms with Crippen LogP contribution in [0.2, 0.25) is 0 Å². The van der Waals surface area contributed by atoms with E-state index in [-0.39, 0.29) is 12.5 Å². The van der Waals surface area contributed by atoms with Gasteiger partial charge in [0.2, 0.25) is 0 Å². The minimum atomic E-state index is -3.56. The molecule has 0 amide bonds. The van der Waals surface area contributed by atoms with Crippen LogP contribution >= 0.6 is 7.60 Å². The molecule has 1 aliphatic carbocycles. The quantitative estimate of drug-likeness (QED) is 0.660. The molecule has 0 bridgehead atoms. The molecule has 1 rings (SSSR count). The van der Waals surface area contributed by atoms with Crippen molar-refractivity contribution in [2.45, 2.75) is 32.0 Å². The molecule has 1 saturated carbocycles. The highest BCUT2D eigenvalue weighted by molar-refractivity contribution is 7.55. The number of nitrogens with two attached hydrogens (primary N) is 1. The zero-order valence-electron chi connectivity index (χ0n) is 7.49. The molecular formula is C7H16NO3P. The molecule has 4 nitrogen and oxygen atoms in total. The van der Waals surface area contributed by atoms with Crippen molar-refractivity contribution in [1.82, 2.24) is 0 Å². The summed E-state index contributed by atoms with van der Waals surface area (Å²) < 4.78 is 16.2. The zero-order valence-corrected chi connectivity index (χ0v) is 8.38. The molecule has 3 N–H and O–H groups in total. The van der Waals surface area contributed by atoms with Crippen LogP contribution in [-0.2, 0) is 9.09 Å². The van der Waals surface area contributed by atoms with Gasteiger partial charge in [-0.2, -0.15) is 0 Å². The summed E-state index contributed by atoms with van der Waals surface area (Å²) in [4.78, 5) is 9.42. The molecule has 1 unspecified atom stereocenters. The van der Waals surface area contributed by atoms with Gasteiger partial charge in [0.05, 0.1) is 6.61 Å². The average Bonchev–Trinajstić information content (AvgIpc) is 2.63. The van der Waals surface area contributed by atoms with Gasteiger partial charge >= 0.3 is 7.60 Å². The molecule has 0 aromatic carbocycles. The van der Waals surface area contributed by atoms with Crippen LogP contribution in [0.3, 0.4) is 0 Å². The largest absolute Gasteiger partial charge is 0.348 e. The van der Waals surface area contributed by atoms with Gasteiger partial charge in [-0.25, -0.2) is 0 Å². The number of rotatable bonds is 4. The van der Waals surface area contributed by atoms with Crippen molar-refractivity contribution in [2.75, 3.05) is 6.61 Å². The summed E-state index contributed by atoms with van der Waals surface area (Å²) in [5.74, 6) is 0.153. The first-order valence-corrected chi connectivity index (χ1v) is 5.82. The van der Waals surface area contributed by atoms with Gasteiger partial charge in [-0.15, -0.1) is 0 Å². The maximum atomic E-state index is 11.5. The summed E-state index contributed by atoms with van der Waals surface area (Å²) in [5, 5.41) is -0.947. The van der Waals surface area contributed by atoms with E-state index in [0.29, 0.717) is 6.42 Å². The van der Waals surface area contributed by atoms with Crippen molar-refractivity contribution < 1.29 is 14.0 Å². The molecule has 1 aliphatic rings. The lowest BCUT2D eigenvalue weighted by molar-refractivity contribution is 0.259. The Kier molecular flexibility index (Phi) is 2.64. The van der Waals surface area contributed by atoms with Crippen molar-refractivity contribution in [1.29, 1.82) is 0 Å². The SMILES string of the molecule is CCOP(=O)(O)[C@@]1(N)C[C@H]1CC. The van der Waals surface area contributed by atoms with Gasteiger partial charge in [-0.1, -0.05) is 13.3 Å². The van der Waals surface area contributed by atoms with Gasteiger partial charge in [0, 0.05) is 0 Å². The van der Waals surface area contributed by atoms with Crippen molar-refractivity contribution in [3.8, 4) is 0 Å². The molecule has 12 heavy (non-hydrogen) atoms. The average molecular weight is 193 g/mol. The van der Waals surface area contributed by atoms with E-state index < -0.39 is 12.9 Å². The first-order valence-electron chi connectivity index (χ1n) is 4.24. The van der Waals surface area contributed by atoms with Crippen LogP contribution in [0.4, 0.5) is 0 Å². The monoisotopic (exact) mass is 193 g/mol. The summed E-state index contributed by atoms with van der Waals surface area (Å²) in [5.41, 5.74) is 5.73. The van der Waals surface area contributed by atoms with E-state index in [0.717, 1.165) is 6.42 Å². The fraction of sp³-hybridized carbons (Fsp3) is 1.00. The Hall–Kier alpha value is 0.110. The second-order valence-electron chi connectivity index (χ2n) is 3.24. The molecule has 0 aliphatic heterocycles. The van der Waals surface area contributed by atoms with E-state index in [4.69, 9.17) is 10.3 Å². The maximum Gasteiger partial charge on any atom is 0.348 e. The number of hydrogen-bond acceptors (Lipinski definition) is 3. The maximum absolute atomic E-state index is 11.5. The van der Waals surface area contributed by atoms with E-state index in [2.05, 4.69) is 0 Å². The Labute approximate surface area is 72.6 Å². The first kappa shape index (κ1) is 10.2. The smallest absolute Gasteiger partial charge is 0.323 e. The van der Waals surface area contributed by atoms with E-state index >= 15 is 0 Å². The molecule has 3 atom stereocenters. The Morgan fingerprint density at radius 3 is 2.67 bits per heavy atom. The highest BCUT2D eigenvalue weighted by Crippen LogP contribution is 2.68. The topological polar surface area (TPSA) is 72.5 Å². The highest BCUT2D eigenvalue weighted by Gasteiger charge is 2.63. The van der Waals surface area contributed by atoms with Crippen molar-refractivity contribution in [2.24, 2.45) is 11.7 Å². The zero-order chi connectivity index (χ0) is 9.41. The van der Waals surface area contributed by atoms with Crippen molar-refractivity contribution in [3.05, 3.63) is 0 Å². The number of hydrogen-bond donors (Lipinski definition) is 2. The normalized spacial score (nSPS) is 39.2. The van der Waals surface area contributed by atoms with E-state index in [9.17, 15) is 9.46 Å². The summed E-state index contributed by atoms with van der Waals surface area (Å²) in [6.07, 6.45) is 1.45. The summed E-state index contributed by atoms with van der Waals surface area (Å²) in [6.45, 7) is 3.89. The van der Waals surface area contributed by atoms with Crippen LogP contribution in [0.25, 0.3) is 0 Å². The molecule has 1 fully saturated rings. The molecule has 0 aromatic rings. The van der Waals surface area contributed by atoms with Crippen LogP contribution in [0.5, 0.6) is 0 Å². The Morgan fingerprint density at radius 2 is 2.33 bits per heavy atom. The van der Waals surface area contributed by atoms with Crippen LogP contribution in [-0.4, -0.2) is 16.8 Å². The fourth-order valence-corrected chi connectivity index (χ4v) is 3.16. The first-order chi connectivity index (χ1) is 5.48. The van der Waals surface area contributed by atoms with Crippen molar-refractivity contribution in [3.63, 3.8) is 0 Å². The fourth-order valence-electron chi connectivity index (χ4n) is 1.47. The Morgan fingerprint density at radius 1 is 1.75 bits per heavy atom. The molecular weight excluding hydrogens is 177 g/mol. The molecule has 72 valence electrons. The summed E-state index contributed by atoms with van der Waals surface area (Å²) >= 11 is 0. The molecule has 0 saturated heterocycles. The van der Waals surface area contributed by atoms with Crippen LogP contribution in [0, 0.1) is 5.92 Å². The van der Waals surface area contributed by atoms with Crippen LogP contribution in [0.15, 0.2) is 0 Å². The molecule has 0 spiro atoms. The lowest BCUT2D eigenvalue weighted by atomic mass is 10.3. The van der Waals surface area contributed by atoms with E-state index in [1.807, 2.05) is 6.92 Å². The second-order valence-corrected chi connectivity index (χ2v) is 5.37. The lowest BCUT2D eigenvalue weighted by Gasteiger charge is -2.18. The predicted octanol–water partition coefficient (Wildman–Crippen LogP) is 1.29. The van der Waals surface area contributed by atoms with E-state index in [1.165, 1.54) is 0 Å². The van der Waals surface area contributed by atoms with Gasteiger partial charge in [0.25, 0.3) is 0 Å². The minimum Gasteiger partial charge on any atom is -0.323 e. The van der Waals surface area contributed by atoms with Crippen molar-refractivity contribution >= 4 is 7.60 Å². The predicted molar refractivity (Wildman–Crippen MR) is 46.8 cm³/mol. The third kappa shape index (κ3) is 1.44. The van der Waals surface area contributed by atoms with Gasteiger partial charge in [-0.05, 0) is 19.3 Å². The molecule has 0 radical (unpaired) electrons. The third-order valence-electron chi connectivity index (χ3n) is 2.44. The Bertz CT molecular complexity index is 221. The molecule has 0 aromatic heterocycles. The summed E-state index contributed by atoms with van der Waals surface area (Å²) in [6, 6.07) is 0. The standard InChI is InChI=1S/C7H16NO3P/c1-3-6-5-7(6,8)12(9,10)11-4-2/h6H,3-5,8H2,1-2H3,(H,9,10)/t6-,7+/m1/s1. The van der Waals surface area contributed by atoms with Crippen LogP contribution in [0.1, 0.15) is 26.7 Å². The van der Waals surface area contributed by atoms with Gasteiger partial charge in [0.15, 0.2) is 0 Å². The lowest BCUT2D eigenvalue weighted by Crippen LogP contribution is -2.26. The van der Waals surface area contributed by atoms with Gasteiger partial charge < -0.3 is 15.2 Å². The third-order valence-corrected chi connectivity index (χ3v) is 4.65. The molecule has 5 heteroatoms. The minimum absolute atomic E-state index is 0.153. The highest BCUT2D eigenvalue weighted by atomic mass is 31.2. The van der Waals surface area contributed by atoms with Gasteiger partial charge in [-0.3, -0.25) is 4.57 Å². The molecule has 0 heterocycles. The van der Waals surface area contributed by atoms with Crippen LogP contribution < -0.4 is 5.73 Å². The second kappa shape index (κ2) is 3.11. The van der Waals surface area contributed by atoms with Gasteiger partial charge in [0.1, 0.15) is 5.28 Å². The summed E-state index contributed by atoms with van der Waals surface area (Å²) in [7, 11) is -3.56. The Balaban J connectivity index is 2.64. The van der Waals surface area contributed by atoms with E-state index in [1.54, 1.807) is 6.92 Å².